The van der Waals surface area contributed by atoms with Crippen LogP contribution in [0.2, 0.25) is 0 Å². The van der Waals surface area contributed by atoms with Crippen molar-refractivity contribution in [1.29, 1.82) is 0 Å². The number of aliphatic hydroxyl groups is 2. The van der Waals surface area contributed by atoms with Gasteiger partial charge in [0.25, 0.3) is 0 Å². The monoisotopic (exact) mass is 518 g/mol. The molecule has 6 rings (SSSR count). The molecule has 2 saturated heterocycles. The second-order valence-corrected chi connectivity index (χ2v) is 10.3. The second kappa shape index (κ2) is 9.67. The van der Waals surface area contributed by atoms with E-state index in [9.17, 15) is 24.9 Å². The van der Waals surface area contributed by atoms with E-state index in [4.69, 9.17) is 14.2 Å². The molecule has 2 aromatic heterocycles. The summed E-state index contributed by atoms with van der Waals surface area (Å²) < 4.78 is 18.0. The zero-order valence-electron chi connectivity index (χ0n) is 20.0. The summed E-state index contributed by atoms with van der Waals surface area (Å²) >= 11 is 0. The normalized spacial score (nSPS) is 36.8. The number of amides is 1. The lowest BCUT2D eigenvalue weighted by molar-refractivity contribution is -0.144. The van der Waals surface area contributed by atoms with Crippen LogP contribution in [0.25, 0.3) is 11.2 Å². The number of carbonyl (C=O) groups excluding carboxylic acids is 1. The van der Waals surface area contributed by atoms with E-state index >= 15 is 0 Å². The van der Waals surface area contributed by atoms with Crippen molar-refractivity contribution in [2.75, 3.05) is 25.1 Å². The summed E-state index contributed by atoms with van der Waals surface area (Å²) in [5, 5.41) is 36.8. The van der Waals surface area contributed by atoms with Crippen molar-refractivity contribution in [3.63, 3.8) is 0 Å². The van der Waals surface area contributed by atoms with Crippen LogP contribution >= 0.6 is 0 Å². The number of hydrogen-bond acceptors (Lipinski definition) is 11. The van der Waals surface area contributed by atoms with Crippen LogP contribution in [0, 0.1) is 17.8 Å². The molecule has 14 heteroatoms. The van der Waals surface area contributed by atoms with E-state index in [-0.39, 0.29) is 24.5 Å². The van der Waals surface area contributed by atoms with Crippen LogP contribution in [0.1, 0.15) is 31.9 Å². The molecule has 37 heavy (non-hydrogen) atoms. The fourth-order valence-electron chi connectivity index (χ4n) is 6.27. The minimum absolute atomic E-state index is 0.0692. The fourth-order valence-corrected chi connectivity index (χ4v) is 6.27. The van der Waals surface area contributed by atoms with Crippen LogP contribution in [-0.4, -0.2) is 97.1 Å². The molecule has 4 unspecified atom stereocenters. The molecular weight excluding hydrogens is 488 g/mol. The van der Waals surface area contributed by atoms with Gasteiger partial charge in [0, 0.05) is 12.6 Å². The molecule has 1 amide bonds. The Labute approximate surface area is 211 Å². The minimum Gasteiger partial charge on any atom is -0.481 e. The largest absolute Gasteiger partial charge is 0.481 e. The molecule has 0 aromatic carbocycles. The lowest BCUT2D eigenvalue weighted by Crippen LogP contribution is -2.47. The number of nitrogens with one attached hydrogen (secondary N) is 2. The first-order valence-electron chi connectivity index (χ1n) is 12.6. The maximum Gasteiger partial charge on any atom is 0.407 e. The van der Waals surface area contributed by atoms with E-state index in [0.717, 1.165) is 25.7 Å². The van der Waals surface area contributed by atoms with Crippen molar-refractivity contribution in [3.8, 4) is 0 Å². The van der Waals surface area contributed by atoms with Gasteiger partial charge >= 0.3 is 12.1 Å². The number of aromatic nitrogens is 4. The number of nitrogens with zero attached hydrogens (tertiary/aromatic N) is 4. The van der Waals surface area contributed by atoms with Gasteiger partial charge in [0.1, 0.15) is 31.2 Å². The predicted octanol–water partition coefficient (Wildman–Crippen LogP) is -0.128. The van der Waals surface area contributed by atoms with Crippen LogP contribution in [0.4, 0.5) is 10.6 Å². The molecule has 4 aliphatic rings. The highest BCUT2D eigenvalue weighted by Gasteiger charge is 2.52. The number of aliphatic carboxylic acids is 1. The van der Waals surface area contributed by atoms with Crippen molar-refractivity contribution < 1.29 is 39.1 Å². The van der Waals surface area contributed by atoms with Crippen molar-refractivity contribution >= 4 is 29.0 Å². The number of fused-ring (bicyclic) bond motifs is 3. The van der Waals surface area contributed by atoms with Crippen LogP contribution in [0.3, 0.4) is 0 Å². The Balaban J connectivity index is 1.10. The van der Waals surface area contributed by atoms with E-state index in [1.54, 1.807) is 0 Å². The Bertz CT molecular complexity index is 1170. The summed E-state index contributed by atoms with van der Waals surface area (Å²) in [4.78, 5) is 37.1. The van der Waals surface area contributed by atoms with Gasteiger partial charge in [-0.2, -0.15) is 0 Å². The average molecular weight is 519 g/mol. The highest BCUT2D eigenvalue weighted by atomic mass is 16.6. The average Bonchev–Trinajstić information content (AvgIpc) is 3.69. The third-order valence-corrected chi connectivity index (χ3v) is 8.11. The lowest BCUT2D eigenvalue weighted by atomic mass is 9.84. The Hall–Kier alpha value is -3.07. The number of carboxylic acid groups (broad SMARTS) is 1. The van der Waals surface area contributed by atoms with E-state index in [1.807, 2.05) is 0 Å². The molecule has 4 fully saturated rings. The first-order chi connectivity index (χ1) is 17.9. The van der Waals surface area contributed by atoms with Gasteiger partial charge in [-0.1, -0.05) is 0 Å². The summed E-state index contributed by atoms with van der Waals surface area (Å²) in [5.41, 5.74) is 0.889. The Morgan fingerprint density at radius 2 is 1.97 bits per heavy atom. The molecule has 5 N–H and O–H groups in total. The van der Waals surface area contributed by atoms with Gasteiger partial charge < -0.3 is 40.2 Å². The highest BCUT2D eigenvalue weighted by molar-refractivity contribution is 5.83. The smallest absolute Gasteiger partial charge is 0.407 e. The topological polar surface area (TPSA) is 190 Å². The molecule has 2 aliphatic heterocycles. The molecule has 0 spiro atoms. The molecule has 2 saturated carbocycles. The van der Waals surface area contributed by atoms with Crippen molar-refractivity contribution in [1.82, 2.24) is 24.8 Å². The first-order valence-corrected chi connectivity index (χ1v) is 12.6. The summed E-state index contributed by atoms with van der Waals surface area (Å²) in [6, 6.07) is -0.372. The zero-order chi connectivity index (χ0) is 25.7. The zero-order valence-corrected chi connectivity index (χ0v) is 20.0. The van der Waals surface area contributed by atoms with Crippen LogP contribution in [0.15, 0.2) is 12.7 Å². The number of anilines is 1. The molecule has 0 radical (unpaired) electrons. The molecule has 2 aromatic rings. The van der Waals surface area contributed by atoms with Gasteiger partial charge in [-0.05, 0) is 37.5 Å². The number of hydrogen-bond donors (Lipinski definition) is 5. The SMILES string of the molecule is O=C(NC1C2CCC(C2)[C@H]1C(=O)O)OC[C@H]1OC(n2cnc3c(N[C@@H]4CCOC4)ncnc32)[C@H](O)[C@@H]1O. The summed E-state index contributed by atoms with van der Waals surface area (Å²) in [5.74, 6) is -0.814. The Morgan fingerprint density at radius 1 is 1.14 bits per heavy atom. The third-order valence-electron chi connectivity index (χ3n) is 8.11. The van der Waals surface area contributed by atoms with Crippen molar-refractivity contribution in [3.05, 3.63) is 12.7 Å². The molecule has 14 nitrogen and oxygen atoms in total. The third kappa shape index (κ3) is 4.37. The van der Waals surface area contributed by atoms with Gasteiger partial charge in [0.2, 0.25) is 0 Å². The van der Waals surface area contributed by atoms with E-state index in [1.165, 1.54) is 17.2 Å². The van der Waals surface area contributed by atoms with Crippen molar-refractivity contribution in [2.45, 2.75) is 62.3 Å². The number of imidazole rings is 1. The van der Waals surface area contributed by atoms with Crippen LogP contribution in [0.5, 0.6) is 0 Å². The van der Waals surface area contributed by atoms with E-state index in [0.29, 0.717) is 30.2 Å². The number of ether oxygens (including phenoxy) is 3. The molecule has 2 aliphatic carbocycles. The number of aliphatic hydroxyl groups excluding tert-OH is 2. The summed E-state index contributed by atoms with van der Waals surface area (Å²) in [6.45, 7) is 0.913. The number of alkyl carbamates (subject to hydrolysis) is 1. The summed E-state index contributed by atoms with van der Waals surface area (Å²) in [6.07, 6.45) is 0.739. The number of carboxylic acids is 1. The number of rotatable bonds is 7. The van der Waals surface area contributed by atoms with Gasteiger partial charge in [0.05, 0.1) is 24.9 Å². The van der Waals surface area contributed by atoms with Gasteiger partial charge in [-0.15, -0.1) is 0 Å². The Kier molecular flexibility index (Phi) is 6.34. The van der Waals surface area contributed by atoms with Crippen LogP contribution in [-0.2, 0) is 19.0 Å². The highest BCUT2D eigenvalue weighted by Crippen LogP contribution is 2.48. The Morgan fingerprint density at radius 3 is 2.76 bits per heavy atom. The molecule has 4 heterocycles. The predicted molar refractivity (Wildman–Crippen MR) is 124 cm³/mol. The van der Waals surface area contributed by atoms with E-state index in [2.05, 4.69) is 25.6 Å². The van der Waals surface area contributed by atoms with Gasteiger partial charge in [-0.3, -0.25) is 9.36 Å². The molecular formula is C23H30N6O8. The van der Waals surface area contributed by atoms with Crippen molar-refractivity contribution in [2.24, 2.45) is 17.8 Å². The van der Waals surface area contributed by atoms with Gasteiger partial charge in [-0.25, -0.2) is 19.7 Å². The van der Waals surface area contributed by atoms with Gasteiger partial charge in [0.15, 0.2) is 23.2 Å². The molecule has 9 atom stereocenters. The maximum atomic E-state index is 12.5. The lowest BCUT2D eigenvalue weighted by Gasteiger charge is -2.28. The standard InChI is InChI=1S/C23H30N6O8/c30-17-13(7-36-23(34)28-15-11-2-1-10(5-11)14(15)22(32)33)37-21(18(17)31)29-9-26-16-19(24-8-25-20(16)29)27-12-3-4-35-6-12/h8-15,17-18,21,30-31H,1-7H2,(H,28,34)(H,32,33)(H,24,25,27)/t10?,11?,12-,13-,14-,15?,17-,18-,21?/m1/s1. The molecule has 200 valence electrons. The first kappa shape index (κ1) is 24.3. The number of carbonyl (C=O) groups is 2. The minimum atomic E-state index is -1.33. The molecule has 2 bridgehead atoms. The van der Waals surface area contributed by atoms with Crippen LogP contribution < -0.4 is 10.6 Å². The fraction of sp³-hybridized carbons (Fsp3) is 0.696. The quantitative estimate of drug-likeness (QED) is 0.327. The summed E-state index contributed by atoms with van der Waals surface area (Å²) in [7, 11) is 0. The maximum absolute atomic E-state index is 12.5. The second-order valence-electron chi connectivity index (χ2n) is 10.3. The van der Waals surface area contributed by atoms with E-state index < -0.39 is 48.6 Å².